The van der Waals surface area contributed by atoms with Crippen LogP contribution < -0.4 is 5.32 Å². The molecule has 96 valence electrons. The first-order chi connectivity index (χ1) is 9.33. The standard InChI is InChI=1S/C16H15NOS/c18-16(17-11-12-6-2-1-3-7-12)15-10-13-8-4-5-9-14(13)19-15/h1-9,15H,10-11H2,(H,17,18). The number of fused-ring (bicyclic) bond motifs is 1. The number of amides is 1. The predicted molar refractivity (Wildman–Crippen MR) is 78.1 cm³/mol. The molecule has 0 fully saturated rings. The molecule has 0 spiro atoms. The average molecular weight is 269 g/mol. The SMILES string of the molecule is O=C(NCc1ccccc1)C1Cc2ccccc2S1. The van der Waals surface area contributed by atoms with Crippen molar-refractivity contribution in [2.24, 2.45) is 0 Å². The van der Waals surface area contributed by atoms with Gasteiger partial charge in [-0.25, -0.2) is 0 Å². The number of thioether (sulfide) groups is 1. The highest BCUT2D eigenvalue weighted by atomic mass is 32.2. The number of benzene rings is 2. The van der Waals surface area contributed by atoms with E-state index in [1.165, 1.54) is 10.5 Å². The van der Waals surface area contributed by atoms with Crippen LogP contribution in [-0.4, -0.2) is 11.2 Å². The third-order valence-corrected chi connectivity index (χ3v) is 4.57. The van der Waals surface area contributed by atoms with Gasteiger partial charge in [-0.1, -0.05) is 48.5 Å². The lowest BCUT2D eigenvalue weighted by Crippen LogP contribution is -2.31. The second-order valence-electron chi connectivity index (χ2n) is 4.62. The van der Waals surface area contributed by atoms with Gasteiger partial charge >= 0.3 is 0 Å². The minimum atomic E-state index is 0.0149. The van der Waals surface area contributed by atoms with E-state index in [1.807, 2.05) is 42.5 Å². The molecule has 0 saturated carbocycles. The summed E-state index contributed by atoms with van der Waals surface area (Å²) in [7, 11) is 0. The number of hydrogen-bond donors (Lipinski definition) is 1. The smallest absolute Gasteiger partial charge is 0.234 e. The highest BCUT2D eigenvalue weighted by Gasteiger charge is 2.27. The van der Waals surface area contributed by atoms with Crippen LogP contribution in [0.3, 0.4) is 0 Å². The van der Waals surface area contributed by atoms with E-state index in [2.05, 4.69) is 17.4 Å². The Balaban J connectivity index is 1.58. The summed E-state index contributed by atoms with van der Waals surface area (Å²) in [5.41, 5.74) is 2.42. The lowest BCUT2D eigenvalue weighted by Gasteiger charge is -2.09. The minimum absolute atomic E-state index is 0.0149. The fourth-order valence-corrected chi connectivity index (χ4v) is 3.45. The lowest BCUT2D eigenvalue weighted by molar-refractivity contribution is -0.120. The monoisotopic (exact) mass is 269 g/mol. The van der Waals surface area contributed by atoms with E-state index in [-0.39, 0.29) is 11.2 Å². The van der Waals surface area contributed by atoms with E-state index >= 15 is 0 Å². The molecule has 1 N–H and O–H groups in total. The molecule has 1 aliphatic rings. The molecule has 0 radical (unpaired) electrons. The first-order valence-corrected chi connectivity index (χ1v) is 7.27. The largest absolute Gasteiger partial charge is 0.351 e. The van der Waals surface area contributed by atoms with E-state index < -0.39 is 0 Å². The van der Waals surface area contributed by atoms with E-state index in [0.29, 0.717) is 6.54 Å². The Kier molecular flexibility index (Phi) is 3.56. The van der Waals surface area contributed by atoms with Crippen molar-refractivity contribution in [2.75, 3.05) is 0 Å². The van der Waals surface area contributed by atoms with E-state index in [4.69, 9.17) is 0 Å². The van der Waals surface area contributed by atoms with Gasteiger partial charge in [0.05, 0.1) is 5.25 Å². The average Bonchev–Trinajstić information content (AvgIpc) is 2.90. The van der Waals surface area contributed by atoms with Crippen LogP contribution in [0.5, 0.6) is 0 Å². The van der Waals surface area contributed by atoms with Crippen LogP contribution in [0.4, 0.5) is 0 Å². The van der Waals surface area contributed by atoms with Crippen LogP contribution in [0.1, 0.15) is 11.1 Å². The molecule has 2 aromatic rings. The molecule has 3 rings (SSSR count). The van der Waals surface area contributed by atoms with Gasteiger partial charge in [-0.2, -0.15) is 0 Å². The van der Waals surface area contributed by atoms with Crippen molar-refractivity contribution in [2.45, 2.75) is 23.1 Å². The van der Waals surface area contributed by atoms with Gasteiger partial charge in [0.15, 0.2) is 0 Å². The summed E-state index contributed by atoms with van der Waals surface area (Å²) in [6.07, 6.45) is 0.835. The molecule has 0 bridgehead atoms. The number of nitrogens with one attached hydrogen (secondary N) is 1. The Morgan fingerprint density at radius 2 is 1.84 bits per heavy atom. The van der Waals surface area contributed by atoms with Gasteiger partial charge in [0, 0.05) is 11.4 Å². The van der Waals surface area contributed by atoms with Crippen LogP contribution in [0.15, 0.2) is 59.5 Å². The molecule has 1 amide bonds. The maximum atomic E-state index is 12.2. The van der Waals surface area contributed by atoms with Gasteiger partial charge in [0.1, 0.15) is 0 Å². The molecular weight excluding hydrogens is 254 g/mol. The van der Waals surface area contributed by atoms with E-state index in [0.717, 1.165) is 12.0 Å². The predicted octanol–water partition coefficient (Wildman–Crippen LogP) is 3.02. The van der Waals surface area contributed by atoms with Gasteiger partial charge in [0.25, 0.3) is 0 Å². The minimum Gasteiger partial charge on any atom is -0.351 e. The topological polar surface area (TPSA) is 29.1 Å². The summed E-state index contributed by atoms with van der Waals surface area (Å²) in [5, 5.41) is 3.03. The van der Waals surface area contributed by atoms with Crippen LogP contribution in [-0.2, 0) is 17.8 Å². The Bertz CT molecular complexity index is 557. The molecule has 3 heteroatoms. The Hall–Kier alpha value is -1.74. The summed E-state index contributed by atoms with van der Waals surface area (Å²) in [6, 6.07) is 18.3. The zero-order valence-electron chi connectivity index (χ0n) is 10.5. The summed E-state index contributed by atoms with van der Waals surface area (Å²) < 4.78 is 0. The Morgan fingerprint density at radius 3 is 2.63 bits per heavy atom. The fourth-order valence-electron chi connectivity index (χ4n) is 2.23. The molecule has 1 heterocycles. The van der Waals surface area contributed by atoms with E-state index in [1.54, 1.807) is 11.8 Å². The molecule has 0 saturated heterocycles. The molecule has 0 aliphatic carbocycles. The molecule has 2 nitrogen and oxygen atoms in total. The normalized spacial score (nSPS) is 16.9. The second kappa shape index (κ2) is 5.49. The van der Waals surface area contributed by atoms with Crippen LogP contribution >= 0.6 is 11.8 Å². The first kappa shape index (κ1) is 12.3. The first-order valence-electron chi connectivity index (χ1n) is 6.39. The number of rotatable bonds is 3. The number of hydrogen-bond acceptors (Lipinski definition) is 2. The van der Waals surface area contributed by atoms with Crippen molar-refractivity contribution >= 4 is 17.7 Å². The maximum Gasteiger partial charge on any atom is 0.234 e. The quantitative estimate of drug-likeness (QED) is 0.928. The highest BCUT2D eigenvalue weighted by molar-refractivity contribution is 8.01. The number of carbonyl (C=O) groups excluding carboxylic acids is 1. The summed E-state index contributed by atoms with van der Waals surface area (Å²) in [6.45, 7) is 0.604. The van der Waals surface area contributed by atoms with Crippen molar-refractivity contribution in [3.05, 3.63) is 65.7 Å². The third kappa shape index (κ3) is 2.82. The summed E-state index contributed by atoms with van der Waals surface area (Å²) >= 11 is 1.67. The lowest BCUT2D eigenvalue weighted by atomic mass is 10.1. The number of carbonyl (C=O) groups is 1. The summed E-state index contributed by atoms with van der Waals surface area (Å²) in [5.74, 6) is 0.130. The Labute approximate surface area is 117 Å². The molecule has 1 atom stereocenters. The highest BCUT2D eigenvalue weighted by Crippen LogP contribution is 2.36. The molecule has 2 aromatic carbocycles. The zero-order chi connectivity index (χ0) is 13.1. The maximum absolute atomic E-state index is 12.2. The zero-order valence-corrected chi connectivity index (χ0v) is 11.3. The van der Waals surface area contributed by atoms with Gasteiger partial charge in [-0.05, 0) is 23.6 Å². The van der Waals surface area contributed by atoms with Crippen molar-refractivity contribution in [3.8, 4) is 0 Å². The van der Waals surface area contributed by atoms with Gasteiger partial charge < -0.3 is 5.32 Å². The molecular formula is C16H15NOS. The fraction of sp³-hybridized carbons (Fsp3) is 0.188. The van der Waals surface area contributed by atoms with Crippen LogP contribution in [0.2, 0.25) is 0 Å². The third-order valence-electron chi connectivity index (χ3n) is 3.25. The van der Waals surface area contributed by atoms with Gasteiger partial charge in [-0.3, -0.25) is 4.79 Å². The molecule has 1 aliphatic heterocycles. The van der Waals surface area contributed by atoms with Gasteiger partial charge in [-0.15, -0.1) is 11.8 Å². The van der Waals surface area contributed by atoms with Crippen LogP contribution in [0.25, 0.3) is 0 Å². The van der Waals surface area contributed by atoms with Crippen molar-refractivity contribution in [1.82, 2.24) is 5.32 Å². The second-order valence-corrected chi connectivity index (χ2v) is 5.87. The van der Waals surface area contributed by atoms with E-state index in [9.17, 15) is 4.79 Å². The van der Waals surface area contributed by atoms with Crippen molar-refractivity contribution in [3.63, 3.8) is 0 Å². The molecule has 19 heavy (non-hydrogen) atoms. The summed E-state index contributed by atoms with van der Waals surface area (Å²) in [4.78, 5) is 13.4. The van der Waals surface area contributed by atoms with Crippen molar-refractivity contribution in [1.29, 1.82) is 0 Å². The Morgan fingerprint density at radius 1 is 1.11 bits per heavy atom. The molecule has 1 unspecified atom stereocenters. The van der Waals surface area contributed by atoms with Crippen LogP contribution in [0, 0.1) is 0 Å². The van der Waals surface area contributed by atoms with Gasteiger partial charge in [0.2, 0.25) is 5.91 Å². The van der Waals surface area contributed by atoms with Crippen molar-refractivity contribution < 1.29 is 4.79 Å². The molecule has 0 aromatic heterocycles.